The Morgan fingerprint density at radius 2 is 1.15 bits per heavy atom. The molecule has 1 aromatic heterocycles. The fraction of sp³-hybridized carbons (Fsp3) is 0.268. The van der Waals surface area contributed by atoms with Crippen LogP contribution in [0.4, 0.5) is 0 Å². The molecule has 46 heavy (non-hydrogen) atoms. The lowest BCUT2D eigenvalue weighted by atomic mass is 9.91. The summed E-state index contributed by atoms with van der Waals surface area (Å²) in [5.41, 5.74) is 11.6. The number of hydrogen-bond donors (Lipinski definition) is 2. The first-order valence-electron chi connectivity index (χ1n) is 16.2. The molecule has 6 rings (SSSR count). The number of benzene rings is 5. The molecule has 5 heteroatoms. The first-order valence-corrected chi connectivity index (χ1v) is 16.2. The first kappa shape index (κ1) is 31.4. The number of hydrogen-bond acceptors (Lipinski definition) is 4. The molecular formula is C41H45N3O2. The minimum atomic E-state index is 0.326. The van der Waals surface area contributed by atoms with E-state index < -0.39 is 0 Å². The van der Waals surface area contributed by atoms with Gasteiger partial charge in [0.1, 0.15) is 11.5 Å². The lowest BCUT2D eigenvalue weighted by Gasteiger charge is -2.24. The smallest absolute Gasteiger partial charge is 0.144 e. The summed E-state index contributed by atoms with van der Waals surface area (Å²) in [4.78, 5) is 4.58. The minimum Gasteiger partial charge on any atom is -0.507 e. The van der Waals surface area contributed by atoms with E-state index in [0.717, 1.165) is 76.2 Å². The number of rotatable bonds is 10. The normalized spacial score (nSPS) is 11.8. The highest BCUT2D eigenvalue weighted by Crippen LogP contribution is 2.39. The van der Waals surface area contributed by atoms with Crippen molar-refractivity contribution in [3.8, 4) is 28.3 Å². The number of para-hydroxylation sites is 2. The third-order valence-corrected chi connectivity index (χ3v) is 9.28. The third-order valence-electron chi connectivity index (χ3n) is 9.28. The van der Waals surface area contributed by atoms with Gasteiger partial charge in [0.2, 0.25) is 0 Å². The van der Waals surface area contributed by atoms with Crippen LogP contribution in [0, 0.1) is 27.7 Å². The van der Waals surface area contributed by atoms with Crippen molar-refractivity contribution in [3.05, 3.63) is 124 Å². The van der Waals surface area contributed by atoms with Crippen molar-refractivity contribution in [1.82, 2.24) is 14.4 Å². The van der Waals surface area contributed by atoms with E-state index in [4.69, 9.17) is 0 Å². The van der Waals surface area contributed by atoms with Crippen LogP contribution in [0.15, 0.2) is 91.0 Å². The lowest BCUT2D eigenvalue weighted by molar-refractivity contribution is 0.251. The van der Waals surface area contributed by atoms with Gasteiger partial charge in [-0.15, -0.1) is 0 Å². The summed E-state index contributed by atoms with van der Waals surface area (Å²) in [6.07, 6.45) is 0.770. The number of aromatic nitrogens is 1. The van der Waals surface area contributed by atoms with Crippen molar-refractivity contribution >= 4 is 21.8 Å². The predicted molar refractivity (Wildman–Crippen MR) is 192 cm³/mol. The van der Waals surface area contributed by atoms with E-state index in [-0.39, 0.29) is 0 Å². The van der Waals surface area contributed by atoms with Crippen LogP contribution < -0.4 is 0 Å². The van der Waals surface area contributed by atoms with Crippen LogP contribution in [-0.2, 0) is 13.0 Å². The van der Waals surface area contributed by atoms with Gasteiger partial charge in [-0.05, 0) is 106 Å². The van der Waals surface area contributed by atoms with E-state index in [1.165, 1.54) is 21.9 Å². The van der Waals surface area contributed by atoms with Crippen LogP contribution in [0.5, 0.6) is 11.5 Å². The van der Waals surface area contributed by atoms with Crippen molar-refractivity contribution in [3.63, 3.8) is 0 Å². The van der Waals surface area contributed by atoms with Gasteiger partial charge in [0.05, 0.1) is 16.7 Å². The van der Waals surface area contributed by atoms with Crippen LogP contribution in [0.25, 0.3) is 38.6 Å². The number of nitrogens with zero attached hydrogens (tertiary/aromatic N) is 3. The van der Waals surface area contributed by atoms with E-state index in [2.05, 4.69) is 147 Å². The molecule has 0 aliphatic heterocycles. The number of aryl methyl sites for hydroxylation is 4. The maximum Gasteiger partial charge on any atom is 0.144 e. The van der Waals surface area contributed by atoms with Gasteiger partial charge in [-0.3, -0.25) is 0 Å². The predicted octanol–water partition coefficient (Wildman–Crippen LogP) is 8.70. The highest BCUT2D eigenvalue weighted by molar-refractivity contribution is 6.09. The first-order chi connectivity index (χ1) is 22.1. The maximum absolute atomic E-state index is 11.6. The van der Waals surface area contributed by atoms with E-state index in [1.807, 2.05) is 0 Å². The van der Waals surface area contributed by atoms with Gasteiger partial charge in [-0.1, -0.05) is 66.7 Å². The summed E-state index contributed by atoms with van der Waals surface area (Å²) < 4.78 is 2.19. The summed E-state index contributed by atoms with van der Waals surface area (Å²) in [7, 11) is 4.25. The van der Waals surface area contributed by atoms with Crippen LogP contribution in [0.2, 0.25) is 0 Å². The largest absolute Gasteiger partial charge is 0.507 e. The van der Waals surface area contributed by atoms with E-state index in [9.17, 15) is 10.2 Å². The molecule has 0 aliphatic carbocycles. The molecule has 0 aliphatic rings. The number of phenols is 2. The molecule has 0 atom stereocenters. The molecule has 0 fully saturated rings. The van der Waals surface area contributed by atoms with E-state index in [0.29, 0.717) is 18.0 Å². The molecule has 5 nitrogen and oxygen atoms in total. The van der Waals surface area contributed by atoms with Gasteiger partial charge in [-0.25, -0.2) is 0 Å². The molecule has 236 valence electrons. The van der Waals surface area contributed by atoms with Gasteiger partial charge in [0, 0.05) is 48.1 Å². The molecule has 0 bridgehead atoms. The highest BCUT2D eigenvalue weighted by Gasteiger charge is 2.19. The molecule has 0 saturated heterocycles. The second kappa shape index (κ2) is 13.0. The van der Waals surface area contributed by atoms with Crippen molar-refractivity contribution in [2.75, 3.05) is 33.7 Å². The number of aromatic hydroxyl groups is 2. The van der Waals surface area contributed by atoms with Gasteiger partial charge in [0.15, 0.2) is 0 Å². The Hall–Kier alpha value is -4.58. The summed E-state index contributed by atoms with van der Waals surface area (Å²) in [6, 6.07) is 31.5. The highest BCUT2D eigenvalue weighted by atomic mass is 16.3. The Labute approximate surface area is 273 Å². The molecule has 0 radical (unpaired) electrons. The van der Waals surface area contributed by atoms with Crippen molar-refractivity contribution in [1.29, 1.82) is 0 Å². The third kappa shape index (κ3) is 6.13. The van der Waals surface area contributed by atoms with E-state index >= 15 is 0 Å². The van der Waals surface area contributed by atoms with Crippen LogP contribution in [-0.4, -0.2) is 58.3 Å². The molecule has 0 unspecified atom stereocenters. The molecule has 0 spiro atoms. The molecule has 2 N–H and O–H groups in total. The fourth-order valence-electron chi connectivity index (χ4n) is 6.92. The average Bonchev–Trinajstić information content (AvgIpc) is 3.36. The van der Waals surface area contributed by atoms with Crippen molar-refractivity contribution < 1.29 is 10.2 Å². The van der Waals surface area contributed by atoms with Crippen molar-refractivity contribution in [2.45, 2.75) is 40.7 Å². The quantitative estimate of drug-likeness (QED) is 0.163. The molecule has 0 saturated carbocycles. The van der Waals surface area contributed by atoms with Gasteiger partial charge in [-0.2, -0.15) is 0 Å². The molecule has 1 heterocycles. The second-order valence-corrected chi connectivity index (χ2v) is 13.0. The number of likely N-dealkylation sites (N-methyl/N-ethyl adjacent to an activating group) is 2. The summed E-state index contributed by atoms with van der Waals surface area (Å²) in [6.45, 7) is 11.6. The van der Waals surface area contributed by atoms with Crippen molar-refractivity contribution in [2.24, 2.45) is 0 Å². The van der Waals surface area contributed by atoms with Gasteiger partial charge < -0.3 is 24.6 Å². The monoisotopic (exact) mass is 611 g/mol. The second-order valence-electron chi connectivity index (χ2n) is 13.0. The maximum atomic E-state index is 11.6. The zero-order valence-electron chi connectivity index (χ0n) is 27.9. The molecular weight excluding hydrogens is 566 g/mol. The van der Waals surface area contributed by atoms with Gasteiger partial charge in [0.25, 0.3) is 0 Å². The lowest BCUT2D eigenvalue weighted by Crippen LogP contribution is -2.31. The molecule has 6 aromatic rings. The van der Waals surface area contributed by atoms with E-state index in [1.54, 1.807) is 0 Å². The van der Waals surface area contributed by atoms with Crippen LogP contribution in [0.3, 0.4) is 0 Å². The summed E-state index contributed by atoms with van der Waals surface area (Å²) >= 11 is 0. The molecule has 5 aromatic carbocycles. The Balaban J connectivity index is 1.15. The van der Waals surface area contributed by atoms with Crippen LogP contribution >= 0.6 is 0 Å². The standard InChI is InChI=1S/C41H45N3O2/c1-27-22-31(40(45)35(24-27)39-29(3)12-11-13-30(39)4)18-19-42(5)20-21-43(6)26-32-23-28(2)25-38(41(32)46)44-36-16-9-7-14-33(36)34-15-8-10-17-37(34)44/h7-17,22-25,45-46H,18-21,26H2,1-6H3. The zero-order valence-corrected chi connectivity index (χ0v) is 27.9. The number of phenolic OH excluding ortho intramolecular Hbond substituents is 2. The number of fused-ring (bicyclic) bond motifs is 3. The zero-order chi connectivity index (χ0) is 32.5. The molecule has 0 amide bonds. The fourth-order valence-corrected chi connectivity index (χ4v) is 6.92. The Bertz CT molecular complexity index is 1970. The Morgan fingerprint density at radius 3 is 1.80 bits per heavy atom. The van der Waals surface area contributed by atoms with Crippen LogP contribution in [0.1, 0.15) is 33.4 Å². The Morgan fingerprint density at radius 1 is 0.587 bits per heavy atom. The average molecular weight is 612 g/mol. The Kier molecular flexibility index (Phi) is 8.90. The summed E-state index contributed by atoms with van der Waals surface area (Å²) in [5, 5.41) is 25.3. The topological polar surface area (TPSA) is 51.9 Å². The minimum absolute atomic E-state index is 0.326. The summed E-state index contributed by atoms with van der Waals surface area (Å²) in [5.74, 6) is 0.717. The SMILES string of the molecule is Cc1cc(CCN(C)CCN(C)Cc2cc(C)cc(-n3c4ccccc4c4ccccc43)c2O)c(O)c(-c2c(C)cccc2C)c1. The van der Waals surface area contributed by atoms with Gasteiger partial charge >= 0.3 is 0 Å².